The van der Waals surface area contributed by atoms with E-state index in [0.717, 1.165) is 34.6 Å². The van der Waals surface area contributed by atoms with Gasteiger partial charge in [0, 0.05) is 4.88 Å². The second kappa shape index (κ2) is 8.36. The van der Waals surface area contributed by atoms with Crippen molar-refractivity contribution in [3.63, 3.8) is 0 Å². The van der Waals surface area contributed by atoms with Gasteiger partial charge in [0.1, 0.15) is 0 Å². The van der Waals surface area contributed by atoms with Crippen LogP contribution in [0.4, 0.5) is 0 Å². The largest absolute Gasteiger partial charge is 0.218 e. The summed E-state index contributed by atoms with van der Waals surface area (Å²) in [5.74, 6) is 0. The van der Waals surface area contributed by atoms with Crippen molar-refractivity contribution in [2.24, 2.45) is 0 Å². The fraction of sp³-hybridized carbons (Fsp3) is 0.600. The maximum atomic E-state index is 13.0. The highest BCUT2D eigenvalue weighted by atomic mass is 32.2. The number of aryl methyl sites for hydroxylation is 1. The van der Waals surface area contributed by atoms with Crippen molar-refractivity contribution >= 4 is 32.5 Å². The quantitative estimate of drug-likeness (QED) is 0.350. The summed E-state index contributed by atoms with van der Waals surface area (Å²) in [6.07, 6.45) is 11.6. The predicted octanol–water partition coefficient (Wildman–Crippen LogP) is 6.87. The molecule has 0 N–H and O–H groups in total. The molecule has 0 amide bonds. The zero-order chi connectivity index (χ0) is 17.9. The third-order valence-corrected chi connectivity index (χ3v) is 9.51. The lowest BCUT2D eigenvalue weighted by molar-refractivity contribution is 0.596. The lowest BCUT2D eigenvalue weighted by atomic mass is 10.0. The smallest absolute Gasteiger partial charge is 0.209 e. The van der Waals surface area contributed by atoms with Crippen LogP contribution in [0.15, 0.2) is 21.2 Å². The van der Waals surface area contributed by atoms with Crippen LogP contribution < -0.4 is 0 Å². The van der Waals surface area contributed by atoms with Crippen molar-refractivity contribution in [3.8, 4) is 9.75 Å². The van der Waals surface area contributed by atoms with Crippen LogP contribution in [0.25, 0.3) is 9.75 Å². The fourth-order valence-electron chi connectivity index (χ4n) is 3.61. The molecule has 0 unspecified atom stereocenters. The first-order valence-corrected chi connectivity index (χ1v) is 12.8. The molecule has 25 heavy (non-hydrogen) atoms. The van der Waals surface area contributed by atoms with Crippen molar-refractivity contribution in [2.45, 2.75) is 87.8 Å². The first kappa shape index (κ1) is 19.1. The second-order valence-corrected chi connectivity index (χ2v) is 10.8. The normalized spacial score (nSPS) is 14.6. The summed E-state index contributed by atoms with van der Waals surface area (Å²) >= 11 is 3.33. The summed E-state index contributed by atoms with van der Waals surface area (Å²) < 4.78 is 26.1. The van der Waals surface area contributed by atoms with Gasteiger partial charge in [0.25, 0.3) is 0 Å². The number of hydrogen-bond acceptors (Lipinski definition) is 4. The molecular weight excluding hydrogens is 368 g/mol. The summed E-state index contributed by atoms with van der Waals surface area (Å²) in [7, 11) is -3.29. The van der Waals surface area contributed by atoms with Crippen molar-refractivity contribution in [3.05, 3.63) is 21.9 Å². The Hall–Kier alpha value is -0.650. The van der Waals surface area contributed by atoms with E-state index >= 15 is 0 Å². The number of thiophene rings is 2. The van der Waals surface area contributed by atoms with Crippen LogP contribution in [0.5, 0.6) is 0 Å². The first-order valence-electron chi connectivity index (χ1n) is 9.58. The van der Waals surface area contributed by atoms with Gasteiger partial charge < -0.3 is 0 Å². The molecule has 3 rings (SSSR count). The Balaban J connectivity index is 1.90. The molecule has 1 aliphatic heterocycles. The molecule has 0 spiro atoms. The summed E-state index contributed by atoms with van der Waals surface area (Å²) in [4.78, 5) is 4.56. The molecule has 2 nitrogen and oxygen atoms in total. The van der Waals surface area contributed by atoms with Crippen molar-refractivity contribution in [1.29, 1.82) is 0 Å². The molecule has 0 bridgehead atoms. The number of fused-ring (bicyclic) bond motifs is 3. The Kier molecular flexibility index (Phi) is 6.39. The fourth-order valence-corrected chi connectivity index (χ4v) is 8.77. The zero-order valence-electron chi connectivity index (χ0n) is 15.3. The van der Waals surface area contributed by atoms with E-state index in [1.54, 1.807) is 28.7 Å². The molecule has 3 heterocycles. The molecule has 2 aromatic heterocycles. The number of rotatable bonds is 10. The molecule has 1 aliphatic rings. The number of sulfone groups is 1. The molecule has 5 heteroatoms. The van der Waals surface area contributed by atoms with E-state index < -0.39 is 9.84 Å². The monoisotopic (exact) mass is 396 g/mol. The lowest BCUT2D eigenvalue weighted by Gasteiger charge is -2.07. The maximum Gasteiger partial charge on any atom is 0.209 e. The SMILES string of the molecule is CCCCCCc1sc2c(c1CCCCCC)S(=O)(=O)c1ccsc1-2. The standard InChI is InChI=1S/C20H28O2S3/c1-3-5-7-9-11-15-16(12-10-8-6-4-2)24-19-18-17(13-14-23-18)25(21,22)20(15)19/h13-14H,3-12H2,1-2H3. The maximum absolute atomic E-state index is 13.0. The van der Waals surface area contributed by atoms with Gasteiger partial charge in [-0.15, -0.1) is 22.7 Å². The molecular formula is C20H28O2S3. The van der Waals surface area contributed by atoms with Crippen LogP contribution in [0.3, 0.4) is 0 Å². The highest BCUT2D eigenvalue weighted by molar-refractivity contribution is 7.92. The van der Waals surface area contributed by atoms with E-state index in [0.29, 0.717) is 9.79 Å². The van der Waals surface area contributed by atoms with E-state index in [1.807, 2.05) is 5.38 Å². The minimum atomic E-state index is -3.29. The first-order chi connectivity index (χ1) is 12.1. The topological polar surface area (TPSA) is 34.1 Å². The van der Waals surface area contributed by atoms with Gasteiger partial charge in [-0.2, -0.15) is 0 Å². The van der Waals surface area contributed by atoms with Crippen LogP contribution in [0.1, 0.15) is 75.7 Å². The number of unbranched alkanes of at least 4 members (excludes halogenated alkanes) is 6. The minimum Gasteiger partial charge on any atom is -0.218 e. The second-order valence-electron chi connectivity index (χ2n) is 6.90. The summed E-state index contributed by atoms with van der Waals surface area (Å²) in [6.45, 7) is 4.44. The molecule has 2 aromatic rings. The van der Waals surface area contributed by atoms with Gasteiger partial charge in [0.05, 0.1) is 19.5 Å². The lowest BCUT2D eigenvalue weighted by Crippen LogP contribution is -2.02. The molecule has 0 saturated heterocycles. The van der Waals surface area contributed by atoms with Crippen molar-refractivity contribution in [2.75, 3.05) is 0 Å². The van der Waals surface area contributed by atoms with E-state index in [-0.39, 0.29) is 0 Å². The van der Waals surface area contributed by atoms with Gasteiger partial charge in [-0.3, -0.25) is 0 Å². The van der Waals surface area contributed by atoms with Gasteiger partial charge in [-0.25, -0.2) is 8.42 Å². The predicted molar refractivity (Wildman–Crippen MR) is 109 cm³/mol. The van der Waals surface area contributed by atoms with Gasteiger partial charge in [-0.05, 0) is 42.7 Å². The molecule has 0 aliphatic carbocycles. The van der Waals surface area contributed by atoms with E-state index in [9.17, 15) is 8.42 Å². The number of hydrogen-bond donors (Lipinski definition) is 0. The summed E-state index contributed by atoms with van der Waals surface area (Å²) in [5, 5.41) is 1.91. The van der Waals surface area contributed by atoms with E-state index in [2.05, 4.69) is 13.8 Å². The Labute approximate surface area is 160 Å². The zero-order valence-corrected chi connectivity index (χ0v) is 17.7. The van der Waals surface area contributed by atoms with Crippen LogP contribution in [0.2, 0.25) is 0 Å². The van der Waals surface area contributed by atoms with Crippen molar-refractivity contribution < 1.29 is 8.42 Å². The molecule has 0 fully saturated rings. The molecule has 0 atom stereocenters. The molecule has 0 aromatic carbocycles. The van der Waals surface area contributed by atoms with Gasteiger partial charge in [0.15, 0.2) is 0 Å². The van der Waals surface area contributed by atoms with Gasteiger partial charge >= 0.3 is 0 Å². The Morgan fingerprint density at radius 3 is 2.24 bits per heavy atom. The molecule has 0 radical (unpaired) electrons. The average Bonchev–Trinajstić information content (AvgIpc) is 3.24. The Morgan fingerprint density at radius 1 is 0.880 bits per heavy atom. The summed E-state index contributed by atoms with van der Waals surface area (Å²) in [5.41, 5.74) is 1.15. The average molecular weight is 397 g/mol. The van der Waals surface area contributed by atoms with Crippen molar-refractivity contribution in [1.82, 2.24) is 0 Å². The third-order valence-electron chi connectivity index (χ3n) is 4.97. The summed E-state index contributed by atoms with van der Waals surface area (Å²) in [6, 6.07) is 1.78. The van der Waals surface area contributed by atoms with E-state index in [4.69, 9.17) is 0 Å². The Morgan fingerprint density at radius 2 is 1.56 bits per heavy atom. The highest BCUT2D eigenvalue weighted by Crippen LogP contribution is 2.53. The molecule has 138 valence electrons. The Bertz CT molecular complexity index is 812. The van der Waals surface area contributed by atoms with E-state index in [1.165, 1.54) is 49.8 Å². The van der Waals surface area contributed by atoms with Crippen LogP contribution >= 0.6 is 22.7 Å². The highest BCUT2D eigenvalue weighted by Gasteiger charge is 2.39. The minimum absolute atomic E-state index is 0.547. The molecule has 0 saturated carbocycles. The van der Waals surface area contributed by atoms with Crippen LogP contribution in [0, 0.1) is 0 Å². The third kappa shape index (κ3) is 3.74. The van der Waals surface area contributed by atoms with Gasteiger partial charge in [-0.1, -0.05) is 52.4 Å². The van der Waals surface area contributed by atoms with Crippen LogP contribution in [-0.4, -0.2) is 8.42 Å². The van der Waals surface area contributed by atoms with Crippen LogP contribution in [-0.2, 0) is 22.7 Å². The van der Waals surface area contributed by atoms with Gasteiger partial charge in [0.2, 0.25) is 9.84 Å².